The van der Waals surface area contributed by atoms with Gasteiger partial charge in [-0.05, 0) is 19.8 Å². The molecule has 1 fully saturated rings. The van der Waals surface area contributed by atoms with Crippen molar-refractivity contribution in [3.8, 4) is 5.03 Å². The molecule has 1 aliphatic carbocycles. The molecule has 0 aliphatic heterocycles. The summed E-state index contributed by atoms with van der Waals surface area (Å²) in [6.07, 6.45) is 4.27. The first-order valence-electron chi connectivity index (χ1n) is 5.32. The van der Waals surface area contributed by atoms with E-state index in [2.05, 4.69) is 20.3 Å². The molecule has 2 aromatic heterocycles. The van der Waals surface area contributed by atoms with Crippen LogP contribution in [0.2, 0.25) is 0 Å². The molecule has 1 saturated carbocycles. The minimum Gasteiger partial charge on any atom is -0.339 e. The Bertz CT molecular complexity index is 531. The van der Waals surface area contributed by atoms with Crippen LogP contribution in [0.4, 0.5) is 5.13 Å². The fraction of sp³-hybridized carbons (Fsp3) is 0.364. The van der Waals surface area contributed by atoms with Crippen molar-refractivity contribution >= 4 is 15.6 Å². The highest BCUT2D eigenvalue weighted by Crippen LogP contribution is 2.40. The Labute approximate surface area is 96.5 Å². The maximum atomic E-state index is 5.89. The minimum absolute atomic E-state index is 0.250. The Morgan fingerprint density at radius 2 is 2.19 bits per heavy atom. The predicted octanol–water partition coefficient (Wildman–Crippen LogP) is 2.38. The van der Waals surface area contributed by atoms with Crippen LogP contribution < -0.4 is 5.73 Å². The molecule has 4 nitrogen and oxygen atoms in total. The smallest absolute Gasteiger partial charge is 0.339 e. The normalized spacial score (nSPS) is 16.4. The number of rotatable bonds is 2. The minimum atomic E-state index is -0.250. The second-order valence-corrected chi connectivity index (χ2v) is 5.82. The zero-order chi connectivity index (χ0) is 11.1. The highest BCUT2D eigenvalue weighted by atomic mass is 32.2. The lowest BCUT2D eigenvalue weighted by Crippen LogP contribution is -1.92. The molecule has 1 unspecified atom stereocenters. The molecule has 0 spiro atoms. The zero-order valence-electron chi connectivity index (χ0n) is 9.05. The molecule has 2 heterocycles. The summed E-state index contributed by atoms with van der Waals surface area (Å²) in [6.45, 7) is 1.96. The summed E-state index contributed by atoms with van der Waals surface area (Å²) < 4.78 is 0. The van der Waals surface area contributed by atoms with Gasteiger partial charge in [0.25, 0.3) is 5.03 Å². The molecule has 2 aromatic rings. The lowest BCUT2D eigenvalue weighted by atomic mass is 10.4. The monoisotopic (exact) mass is 233 g/mol. The van der Waals surface area contributed by atoms with Gasteiger partial charge in [0.05, 0.1) is 16.2 Å². The van der Waals surface area contributed by atoms with Crippen molar-refractivity contribution in [1.29, 1.82) is 0 Å². The number of thiazole rings is 1. The SMILES string of the molecule is Cc1c[s+](-c2ccnc(C3CC3)n2)c(N)n1. The first-order chi connectivity index (χ1) is 7.74. The van der Waals surface area contributed by atoms with E-state index in [1.54, 1.807) is 0 Å². The van der Waals surface area contributed by atoms with Gasteiger partial charge in [-0.25, -0.2) is 4.98 Å². The molecule has 16 heavy (non-hydrogen) atoms. The summed E-state index contributed by atoms with van der Waals surface area (Å²) in [5, 5.41) is 3.74. The highest BCUT2D eigenvalue weighted by Gasteiger charge is 2.28. The van der Waals surface area contributed by atoms with Gasteiger partial charge in [0.1, 0.15) is 5.82 Å². The number of nitrogen functional groups attached to an aromatic ring is 1. The molecular formula is C11H13N4S+. The number of nitrogens with zero attached hydrogens (tertiary/aromatic N) is 3. The van der Waals surface area contributed by atoms with E-state index >= 15 is 0 Å². The average Bonchev–Trinajstić information content (AvgIpc) is 3.05. The van der Waals surface area contributed by atoms with Gasteiger partial charge < -0.3 is 5.73 Å². The largest absolute Gasteiger partial charge is 0.344 e. The van der Waals surface area contributed by atoms with E-state index in [0.717, 1.165) is 16.5 Å². The standard InChI is InChI=1S/C11H13N4S/c1-7-6-16(11(12)14-7)9-4-5-13-10(15-9)8-2-3-8/h4-6,8H,2-3H2,1H3,(H2,12,14)/q+1. The summed E-state index contributed by atoms with van der Waals surface area (Å²) in [4.78, 5) is 13.2. The number of aromatic nitrogens is 3. The number of nitrogens with two attached hydrogens (primary N) is 1. The van der Waals surface area contributed by atoms with Crippen molar-refractivity contribution in [2.75, 3.05) is 5.73 Å². The van der Waals surface area contributed by atoms with Crippen molar-refractivity contribution in [3.05, 3.63) is 29.2 Å². The van der Waals surface area contributed by atoms with Crippen LogP contribution in [0.5, 0.6) is 0 Å². The summed E-state index contributed by atoms with van der Waals surface area (Å²) >= 11 is 0. The Hall–Kier alpha value is -1.49. The van der Waals surface area contributed by atoms with Crippen LogP contribution in [0.1, 0.15) is 30.3 Å². The Kier molecular flexibility index (Phi) is 2.14. The highest BCUT2D eigenvalue weighted by molar-refractivity contribution is 7.40. The topological polar surface area (TPSA) is 64.7 Å². The van der Waals surface area contributed by atoms with Crippen LogP contribution in [-0.4, -0.2) is 15.0 Å². The quantitative estimate of drug-likeness (QED) is 0.809. The molecule has 0 amide bonds. The maximum absolute atomic E-state index is 5.89. The van der Waals surface area contributed by atoms with Crippen molar-refractivity contribution < 1.29 is 0 Å². The third-order valence-electron chi connectivity index (χ3n) is 2.62. The average molecular weight is 233 g/mol. The van der Waals surface area contributed by atoms with Crippen molar-refractivity contribution in [2.45, 2.75) is 25.7 Å². The Morgan fingerprint density at radius 3 is 2.81 bits per heavy atom. The second-order valence-electron chi connectivity index (χ2n) is 4.07. The fourth-order valence-corrected chi connectivity index (χ4v) is 3.16. The summed E-state index contributed by atoms with van der Waals surface area (Å²) in [5.74, 6) is 1.55. The Morgan fingerprint density at radius 1 is 1.38 bits per heavy atom. The summed E-state index contributed by atoms with van der Waals surface area (Å²) in [5.41, 5.74) is 6.87. The molecule has 1 aliphatic rings. The van der Waals surface area contributed by atoms with Gasteiger partial charge in [0, 0.05) is 18.2 Å². The van der Waals surface area contributed by atoms with Crippen LogP contribution in [0, 0.1) is 6.92 Å². The van der Waals surface area contributed by atoms with Crippen molar-refractivity contribution in [1.82, 2.24) is 15.0 Å². The van der Waals surface area contributed by atoms with Gasteiger partial charge in [-0.1, -0.05) is 0 Å². The molecule has 1 atom stereocenters. The van der Waals surface area contributed by atoms with Gasteiger partial charge in [0.15, 0.2) is 5.38 Å². The van der Waals surface area contributed by atoms with E-state index in [0.29, 0.717) is 11.0 Å². The predicted molar refractivity (Wildman–Crippen MR) is 64.8 cm³/mol. The lowest BCUT2D eigenvalue weighted by molar-refractivity contribution is 0.936. The van der Waals surface area contributed by atoms with Crippen LogP contribution in [0.15, 0.2) is 17.6 Å². The molecule has 0 aromatic carbocycles. The molecule has 2 N–H and O–H groups in total. The summed E-state index contributed by atoms with van der Waals surface area (Å²) in [7, 11) is -0.250. The molecular weight excluding hydrogens is 220 g/mol. The van der Waals surface area contributed by atoms with Crippen LogP contribution in [0.3, 0.4) is 0 Å². The molecule has 0 bridgehead atoms. The molecule has 82 valence electrons. The van der Waals surface area contributed by atoms with Crippen LogP contribution >= 0.6 is 10.5 Å². The lowest BCUT2D eigenvalue weighted by Gasteiger charge is -1.94. The third kappa shape index (κ3) is 1.67. The molecule has 0 radical (unpaired) electrons. The molecule has 0 saturated heterocycles. The van der Waals surface area contributed by atoms with Gasteiger partial charge in [-0.2, -0.15) is 9.97 Å². The number of anilines is 1. The third-order valence-corrected chi connectivity index (χ3v) is 4.41. The fourth-order valence-electron chi connectivity index (χ4n) is 1.66. The number of aryl methyl sites for hydroxylation is 1. The van der Waals surface area contributed by atoms with Gasteiger partial charge in [-0.15, -0.1) is 0 Å². The van der Waals surface area contributed by atoms with Gasteiger partial charge >= 0.3 is 5.13 Å². The summed E-state index contributed by atoms with van der Waals surface area (Å²) in [6, 6.07) is 1.94. The van der Waals surface area contributed by atoms with Crippen molar-refractivity contribution in [3.63, 3.8) is 0 Å². The van der Waals surface area contributed by atoms with E-state index < -0.39 is 0 Å². The second kappa shape index (κ2) is 3.52. The van der Waals surface area contributed by atoms with Gasteiger partial charge in [0.2, 0.25) is 0 Å². The zero-order valence-corrected chi connectivity index (χ0v) is 9.87. The first-order valence-corrected chi connectivity index (χ1v) is 6.61. The number of hydrogen-bond donors (Lipinski definition) is 1. The van der Waals surface area contributed by atoms with Crippen molar-refractivity contribution in [2.24, 2.45) is 0 Å². The molecule has 5 heteroatoms. The van der Waals surface area contributed by atoms with E-state index in [9.17, 15) is 0 Å². The van der Waals surface area contributed by atoms with E-state index in [1.165, 1.54) is 12.8 Å². The van der Waals surface area contributed by atoms with Crippen LogP contribution in [-0.2, 0) is 0 Å². The van der Waals surface area contributed by atoms with E-state index in [-0.39, 0.29) is 10.5 Å². The number of hydrogen-bond acceptors (Lipinski definition) is 4. The Balaban J connectivity index is 2.05. The van der Waals surface area contributed by atoms with E-state index in [4.69, 9.17) is 5.73 Å². The van der Waals surface area contributed by atoms with Crippen LogP contribution in [0.25, 0.3) is 5.03 Å². The van der Waals surface area contributed by atoms with Gasteiger partial charge in [-0.3, -0.25) is 0 Å². The van der Waals surface area contributed by atoms with E-state index in [1.807, 2.05) is 19.2 Å². The molecule has 3 rings (SSSR count). The first kappa shape index (κ1) is 9.72. The maximum Gasteiger partial charge on any atom is 0.344 e.